The van der Waals surface area contributed by atoms with Crippen molar-refractivity contribution in [2.24, 2.45) is 0 Å². The summed E-state index contributed by atoms with van der Waals surface area (Å²) in [7, 11) is 1.87. The number of carbonyl (C=O) groups is 4. The van der Waals surface area contributed by atoms with Gasteiger partial charge in [0.1, 0.15) is 19.7 Å². The summed E-state index contributed by atoms with van der Waals surface area (Å²) in [5.41, 5.74) is 2.20. The lowest BCUT2D eigenvalue weighted by atomic mass is 10.1. The van der Waals surface area contributed by atoms with Crippen LogP contribution >= 0.6 is 0 Å². The molecule has 2 aromatic rings. The number of quaternary nitrogens is 1. The molecule has 39 heavy (non-hydrogen) atoms. The fourth-order valence-corrected chi connectivity index (χ4v) is 4.04. The number of carboxylic acids is 1. The third kappa shape index (κ3) is 10.2. The number of hydrogen-bond donors (Lipinski definition) is 1. The summed E-state index contributed by atoms with van der Waals surface area (Å²) in [5, 5.41) is 14.1. The number of nitrogens with zero attached hydrogens (tertiary/aromatic N) is 1. The first-order valence-electron chi connectivity index (χ1n) is 12.5. The number of ether oxygens (including phenoxy) is 2. The molecule has 0 heterocycles. The highest BCUT2D eigenvalue weighted by Gasteiger charge is 2.41. The van der Waals surface area contributed by atoms with Crippen molar-refractivity contribution in [1.82, 2.24) is 5.32 Å². The van der Waals surface area contributed by atoms with Crippen LogP contribution in [0.1, 0.15) is 31.4 Å². The summed E-state index contributed by atoms with van der Waals surface area (Å²) < 4.78 is 10.7. The van der Waals surface area contributed by atoms with Gasteiger partial charge < -0.3 is 29.2 Å². The maximum atomic E-state index is 13.8. The highest BCUT2D eigenvalue weighted by atomic mass is 16.5. The fraction of sp³-hybridized carbons (Fsp3) is 0.333. The number of nitrogens with one attached hydrogen (secondary N) is 1. The van der Waals surface area contributed by atoms with Crippen LogP contribution in [0, 0.1) is 0 Å². The van der Waals surface area contributed by atoms with Gasteiger partial charge in [-0.05, 0) is 13.8 Å². The average molecular weight is 537 g/mol. The zero-order valence-corrected chi connectivity index (χ0v) is 22.7. The Labute approximate surface area is 229 Å². The van der Waals surface area contributed by atoms with Crippen molar-refractivity contribution in [2.75, 3.05) is 20.3 Å². The van der Waals surface area contributed by atoms with Crippen LogP contribution in [0.25, 0.3) is 0 Å². The van der Waals surface area contributed by atoms with E-state index in [9.17, 15) is 24.3 Å². The Balaban J connectivity index is 2.45. The van der Waals surface area contributed by atoms with E-state index in [0.29, 0.717) is 13.1 Å². The lowest BCUT2D eigenvalue weighted by Crippen LogP contribution is -2.61. The summed E-state index contributed by atoms with van der Waals surface area (Å²) in [4.78, 5) is 49.4. The first kappa shape index (κ1) is 31.0. The third-order valence-electron chi connectivity index (χ3n) is 6.07. The van der Waals surface area contributed by atoms with E-state index in [1.165, 1.54) is 13.8 Å². The second-order valence-corrected chi connectivity index (χ2v) is 9.82. The normalized spacial score (nSPS) is 12.5. The highest BCUT2D eigenvalue weighted by molar-refractivity contribution is 5.88. The first-order valence-corrected chi connectivity index (χ1v) is 12.5. The lowest BCUT2D eigenvalue weighted by molar-refractivity contribution is -0.950. The van der Waals surface area contributed by atoms with Crippen molar-refractivity contribution in [3.8, 4) is 0 Å². The van der Waals surface area contributed by atoms with E-state index in [2.05, 4.69) is 18.5 Å². The highest BCUT2D eigenvalue weighted by Crippen LogP contribution is 2.23. The van der Waals surface area contributed by atoms with Gasteiger partial charge in [0, 0.05) is 34.7 Å². The number of likely N-dealkylation sites (N-methyl/N-ethyl adjacent to an activating group) is 1. The number of esters is 2. The van der Waals surface area contributed by atoms with Gasteiger partial charge in [-0.3, -0.25) is 4.79 Å². The van der Waals surface area contributed by atoms with Crippen LogP contribution in [0.2, 0.25) is 0 Å². The van der Waals surface area contributed by atoms with Gasteiger partial charge in [0.05, 0.1) is 13.1 Å². The third-order valence-corrected chi connectivity index (χ3v) is 6.07. The Morgan fingerprint density at radius 2 is 1.26 bits per heavy atom. The van der Waals surface area contributed by atoms with E-state index in [1.807, 2.05) is 67.7 Å². The number of carboxylic acid groups (broad SMARTS) is 1. The maximum Gasteiger partial charge on any atom is 0.333 e. The number of aliphatic carboxylic acids is 1. The zero-order chi connectivity index (χ0) is 29.0. The topological polar surface area (TPSA) is 122 Å². The number of carbonyl (C=O) groups excluding carboxylic acids is 4. The molecule has 0 bridgehead atoms. The largest absolute Gasteiger partial charge is 0.550 e. The average Bonchev–Trinajstić information content (AvgIpc) is 2.87. The molecule has 0 aliphatic rings. The fourth-order valence-electron chi connectivity index (χ4n) is 4.04. The molecule has 0 radical (unpaired) electrons. The summed E-state index contributed by atoms with van der Waals surface area (Å²) in [6, 6.07) is 17.1. The van der Waals surface area contributed by atoms with Gasteiger partial charge in [0.15, 0.2) is 6.61 Å². The standard InChI is InChI=1S/C30H36N2O7/c1-21(2)29(36)38-19-25(16-27(33)34)31-28(35)26(20-39-30(37)22(3)4)32(5,17-23-12-8-6-9-13-23)18-24-14-10-7-11-15-24/h6-15,25-26H,1,3,16-20H2,2,4-5H3,(H-,31,33,34,35)/t25?,26-/m0/s1. The second kappa shape index (κ2) is 14.6. The zero-order valence-electron chi connectivity index (χ0n) is 22.7. The van der Waals surface area contributed by atoms with Crippen LogP contribution in [-0.2, 0) is 41.7 Å². The molecule has 2 rings (SSSR count). The van der Waals surface area contributed by atoms with E-state index < -0.39 is 48.9 Å². The smallest absolute Gasteiger partial charge is 0.333 e. The summed E-state index contributed by atoms with van der Waals surface area (Å²) in [6.07, 6.45) is -0.589. The van der Waals surface area contributed by atoms with Crippen LogP contribution in [-0.4, -0.2) is 60.6 Å². The van der Waals surface area contributed by atoms with Crippen molar-refractivity contribution in [1.29, 1.82) is 0 Å². The van der Waals surface area contributed by atoms with Crippen molar-refractivity contribution in [3.05, 3.63) is 96.1 Å². The number of amides is 1. The van der Waals surface area contributed by atoms with Crippen LogP contribution in [0.15, 0.2) is 85.0 Å². The quantitative estimate of drug-likeness (QED) is 0.210. The number of hydrogen-bond acceptors (Lipinski definition) is 7. The molecule has 2 aromatic carbocycles. The molecule has 0 saturated heterocycles. The van der Waals surface area contributed by atoms with Crippen molar-refractivity contribution < 1.29 is 38.2 Å². The van der Waals surface area contributed by atoms with E-state index in [1.54, 1.807) is 0 Å². The van der Waals surface area contributed by atoms with Crippen LogP contribution in [0.3, 0.4) is 0 Å². The Morgan fingerprint density at radius 1 is 0.821 bits per heavy atom. The van der Waals surface area contributed by atoms with Gasteiger partial charge in [-0.15, -0.1) is 0 Å². The lowest BCUT2D eigenvalue weighted by Gasteiger charge is -2.41. The van der Waals surface area contributed by atoms with E-state index in [-0.39, 0.29) is 22.2 Å². The Kier molecular flexibility index (Phi) is 11.6. The molecule has 0 saturated carbocycles. The Morgan fingerprint density at radius 3 is 1.67 bits per heavy atom. The molecule has 9 nitrogen and oxygen atoms in total. The first-order chi connectivity index (χ1) is 18.4. The molecule has 0 spiro atoms. The molecule has 1 amide bonds. The maximum absolute atomic E-state index is 13.8. The molecule has 2 atom stereocenters. The van der Waals surface area contributed by atoms with Gasteiger partial charge in [-0.2, -0.15) is 0 Å². The molecular weight excluding hydrogens is 500 g/mol. The molecule has 9 heteroatoms. The van der Waals surface area contributed by atoms with Crippen molar-refractivity contribution in [2.45, 2.75) is 45.4 Å². The van der Waals surface area contributed by atoms with Gasteiger partial charge >= 0.3 is 11.9 Å². The number of benzene rings is 2. The Hall–Kier alpha value is -4.24. The minimum Gasteiger partial charge on any atom is -0.550 e. The SMILES string of the molecule is C=C(C)C(=O)OCC(CC(=O)[O-])NC(=O)[C@H](COC(=O)C(=C)C)[N+](C)(Cc1ccccc1)Cc1ccccc1. The molecule has 1 N–H and O–H groups in total. The number of rotatable bonds is 15. The summed E-state index contributed by atoms with van der Waals surface area (Å²) in [5.74, 6) is -3.37. The molecule has 1 unspecified atom stereocenters. The predicted octanol–water partition coefficient (Wildman–Crippen LogP) is 2.07. The molecule has 0 fully saturated rings. The van der Waals surface area contributed by atoms with E-state index in [0.717, 1.165) is 11.1 Å². The van der Waals surface area contributed by atoms with E-state index >= 15 is 0 Å². The molecule has 0 aliphatic heterocycles. The van der Waals surface area contributed by atoms with Gasteiger partial charge in [-0.1, -0.05) is 73.8 Å². The summed E-state index contributed by atoms with van der Waals surface area (Å²) >= 11 is 0. The van der Waals surface area contributed by atoms with E-state index in [4.69, 9.17) is 9.47 Å². The van der Waals surface area contributed by atoms with Crippen LogP contribution in [0.5, 0.6) is 0 Å². The van der Waals surface area contributed by atoms with Gasteiger partial charge in [-0.25, -0.2) is 9.59 Å². The van der Waals surface area contributed by atoms with Crippen LogP contribution < -0.4 is 10.4 Å². The van der Waals surface area contributed by atoms with Crippen molar-refractivity contribution in [3.63, 3.8) is 0 Å². The van der Waals surface area contributed by atoms with Gasteiger partial charge in [0.2, 0.25) is 6.04 Å². The second-order valence-electron chi connectivity index (χ2n) is 9.82. The molecule has 0 aromatic heterocycles. The molecule has 0 aliphatic carbocycles. The van der Waals surface area contributed by atoms with Crippen molar-refractivity contribution >= 4 is 23.8 Å². The predicted molar refractivity (Wildman–Crippen MR) is 143 cm³/mol. The van der Waals surface area contributed by atoms with Gasteiger partial charge in [0.25, 0.3) is 5.91 Å². The molecular formula is C30H36N2O7. The molecule has 208 valence electrons. The van der Waals surface area contributed by atoms with Crippen LogP contribution in [0.4, 0.5) is 0 Å². The minimum atomic E-state index is -1.43. The monoisotopic (exact) mass is 536 g/mol. The minimum absolute atomic E-state index is 0.0902. The summed E-state index contributed by atoms with van der Waals surface area (Å²) in [6.45, 7) is 10.2. The Bertz CT molecular complexity index is 1140.